The predicted molar refractivity (Wildman–Crippen MR) is 93.4 cm³/mol. The lowest BCUT2D eigenvalue weighted by atomic mass is 10.1. The Morgan fingerprint density at radius 2 is 2.00 bits per heavy atom. The lowest BCUT2D eigenvalue weighted by molar-refractivity contribution is 0.336. The molecule has 0 fully saturated rings. The minimum atomic E-state index is -0.162. The Hall–Kier alpha value is -2.73. The van der Waals surface area contributed by atoms with E-state index in [1.165, 1.54) is 6.21 Å². The van der Waals surface area contributed by atoms with Crippen molar-refractivity contribution in [2.75, 3.05) is 11.9 Å². The first-order valence-electron chi connectivity index (χ1n) is 7.26. The van der Waals surface area contributed by atoms with Crippen LogP contribution in [0, 0.1) is 13.8 Å². The van der Waals surface area contributed by atoms with Gasteiger partial charge in [-0.15, -0.1) is 0 Å². The van der Waals surface area contributed by atoms with Crippen molar-refractivity contribution in [1.29, 1.82) is 0 Å². The van der Waals surface area contributed by atoms with Gasteiger partial charge in [0.05, 0.1) is 6.61 Å². The van der Waals surface area contributed by atoms with Crippen molar-refractivity contribution in [1.82, 2.24) is 9.97 Å². The number of hydrogen-bond donors (Lipinski definition) is 3. The van der Waals surface area contributed by atoms with Gasteiger partial charge in [-0.2, -0.15) is 4.98 Å². The van der Waals surface area contributed by atoms with Crippen LogP contribution in [0.3, 0.4) is 0 Å². The fraction of sp³-hybridized carbons (Fsp3) is 0.235. The number of allylic oxidation sites excluding steroid dienone is 1. The van der Waals surface area contributed by atoms with Crippen molar-refractivity contribution < 1.29 is 5.11 Å². The monoisotopic (exact) mass is 311 g/mol. The van der Waals surface area contributed by atoms with Crippen LogP contribution in [0.5, 0.6) is 0 Å². The molecule has 0 radical (unpaired) electrons. The Balaban J connectivity index is 2.20. The smallest absolute Gasteiger partial charge is 0.229 e. The summed E-state index contributed by atoms with van der Waals surface area (Å²) >= 11 is 0. The Morgan fingerprint density at radius 1 is 1.30 bits per heavy atom. The molecule has 0 saturated carbocycles. The molecule has 0 spiro atoms. The van der Waals surface area contributed by atoms with E-state index in [-0.39, 0.29) is 6.61 Å². The number of aromatic nitrogens is 2. The van der Waals surface area contributed by atoms with Crippen LogP contribution in [0.25, 0.3) is 0 Å². The molecule has 6 nitrogen and oxygen atoms in total. The number of rotatable bonds is 5. The van der Waals surface area contributed by atoms with Gasteiger partial charge in [-0.05, 0) is 44.0 Å². The highest BCUT2D eigenvalue weighted by molar-refractivity contribution is 5.81. The quantitative estimate of drug-likeness (QED) is 0.738. The molecular weight excluding hydrogens is 290 g/mol. The third-order valence-corrected chi connectivity index (χ3v) is 3.15. The standard InChI is InChI=1S/C17H21N5O/c1-11-6-12(2)8-15(7-11)21-17-19-5-4-16(22-17)20-9-14(10-23)13(3)18/h4-9,23H,10,18H2,1-3H3,(H,19,21,22). The first kappa shape index (κ1) is 16.6. The van der Waals surface area contributed by atoms with Crippen molar-refractivity contribution in [2.45, 2.75) is 20.8 Å². The number of aliphatic hydroxyl groups is 1. The second-order valence-corrected chi connectivity index (χ2v) is 5.36. The first-order valence-corrected chi connectivity index (χ1v) is 7.26. The third kappa shape index (κ3) is 4.89. The fourth-order valence-corrected chi connectivity index (χ4v) is 2.07. The number of nitrogens with one attached hydrogen (secondary N) is 1. The van der Waals surface area contributed by atoms with Crippen LogP contribution >= 0.6 is 0 Å². The predicted octanol–water partition coefficient (Wildman–Crippen LogP) is 2.76. The fourth-order valence-electron chi connectivity index (χ4n) is 2.07. The van der Waals surface area contributed by atoms with Gasteiger partial charge in [-0.25, -0.2) is 9.98 Å². The maximum absolute atomic E-state index is 9.20. The molecule has 120 valence electrons. The number of nitrogens with zero attached hydrogens (tertiary/aromatic N) is 3. The summed E-state index contributed by atoms with van der Waals surface area (Å²) in [7, 11) is 0. The molecule has 0 aliphatic heterocycles. The van der Waals surface area contributed by atoms with Crippen LogP contribution < -0.4 is 11.1 Å². The van der Waals surface area contributed by atoms with Crippen molar-refractivity contribution in [3.8, 4) is 0 Å². The summed E-state index contributed by atoms with van der Waals surface area (Å²) in [6.07, 6.45) is 3.14. The lowest BCUT2D eigenvalue weighted by Gasteiger charge is -2.07. The summed E-state index contributed by atoms with van der Waals surface area (Å²) in [6, 6.07) is 7.84. The Kier molecular flexibility index (Phi) is 5.43. The van der Waals surface area contributed by atoms with Gasteiger partial charge in [-0.1, -0.05) is 6.07 Å². The van der Waals surface area contributed by atoms with Gasteiger partial charge in [0.2, 0.25) is 5.95 Å². The summed E-state index contributed by atoms with van der Waals surface area (Å²) in [5.74, 6) is 0.947. The highest BCUT2D eigenvalue weighted by Gasteiger charge is 2.01. The van der Waals surface area contributed by atoms with Gasteiger partial charge in [0, 0.05) is 35.4 Å². The minimum absolute atomic E-state index is 0.162. The zero-order valence-corrected chi connectivity index (χ0v) is 13.5. The van der Waals surface area contributed by atoms with Crippen LogP contribution in [0.2, 0.25) is 0 Å². The SMILES string of the molecule is CC(N)=C(C=Nc1ccnc(Nc2cc(C)cc(C)c2)n1)CO. The molecule has 2 rings (SSSR count). The molecule has 0 unspecified atom stereocenters. The number of aliphatic hydroxyl groups excluding tert-OH is 1. The zero-order chi connectivity index (χ0) is 16.8. The zero-order valence-electron chi connectivity index (χ0n) is 13.5. The number of benzene rings is 1. The number of nitrogens with two attached hydrogens (primary N) is 1. The molecule has 23 heavy (non-hydrogen) atoms. The first-order chi connectivity index (χ1) is 11.0. The average molecular weight is 311 g/mol. The van der Waals surface area contributed by atoms with E-state index in [1.807, 2.05) is 26.0 Å². The van der Waals surface area contributed by atoms with E-state index in [0.29, 0.717) is 23.0 Å². The molecule has 0 amide bonds. The Bertz CT molecular complexity index is 728. The Labute approximate surface area is 135 Å². The van der Waals surface area contributed by atoms with E-state index in [2.05, 4.69) is 26.3 Å². The average Bonchev–Trinajstić information content (AvgIpc) is 2.46. The summed E-state index contributed by atoms with van der Waals surface area (Å²) in [4.78, 5) is 12.7. The summed E-state index contributed by atoms with van der Waals surface area (Å²) < 4.78 is 0. The van der Waals surface area contributed by atoms with Crippen molar-refractivity contribution in [2.24, 2.45) is 10.7 Å². The molecule has 1 aromatic heterocycles. The maximum atomic E-state index is 9.20. The van der Waals surface area contributed by atoms with Crippen molar-refractivity contribution in [3.05, 3.63) is 52.9 Å². The molecule has 4 N–H and O–H groups in total. The van der Waals surface area contributed by atoms with Crippen LogP contribution in [0.4, 0.5) is 17.5 Å². The number of aliphatic imine (C=N–C) groups is 1. The molecule has 0 atom stereocenters. The van der Waals surface area contributed by atoms with E-state index >= 15 is 0 Å². The van der Waals surface area contributed by atoms with Gasteiger partial charge in [0.15, 0.2) is 5.82 Å². The number of anilines is 2. The van der Waals surface area contributed by atoms with Gasteiger partial charge >= 0.3 is 0 Å². The molecule has 0 saturated heterocycles. The van der Waals surface area contributed by atoms with Crippen molar-refractivity contribution >= 4 is 23.7 Å². The molecule has 2 aromatic rings. The number of aryl methyl sites for hydroxylation is 2. The summed E-state index contributed by atoms with van der Waals surface area (Å²) in [5.41, 5.74) is 10.0. The maximum Gasteiger partial charge on any atom is 0.229 e. The minimum Gasteiger partial charge on any atom is -0.402 e. The second kappa shape index (κ2) is 7.51. The Morgan fingerprint density at radius 3 is 2.61 bits per heavy atom. The van der Waals surface area contributed by atoms with Gasteiger partial charge in [0.1, 0.15) is 0 Å². The molecule has 1 aromatic carbocycles. The normalized spacial score (nSPS) is 12.3. The lowest BCUT2D eigenvalue weighted by Crippen LogP contribution is -2.03. The van der Waals surface area contributed by atoms with E-state index < -0.39 is 0 Å². The molecule has 0 aliphatic rings. The molecule has 0 bridgehead atoms. The van der Waals surface area contributed by atoms with Gasteiger partial charge in [-0.3, -0.25) is 0 Å². The molecule has 6 heteroatoms. The van der Waals surface area contributed by atoms with Gasteiger partial charge in [0.25, 0.3) is 0 Å². The topological polar surface area (TPSA) is 96.4 Å². The van der Waals surface area contributed by atoms with Crippen molar-refractivity contribution in [3.63, 3.8) is 0 Å². The second-order valence-electron chi connectivity index (χ2n) is 5.36. The highest BCUT2D eigenvalue weighted by Crippen LogP contribution is 2.18. The largest absolute Gasteiger partial charge is 0.402 e. The summed E-state index contributed by atoms with van der Waals surface area (Å²) in [6.45, 7) is 5.63. The van der Waals surface area contributed by atoms with Crippen LogP contribution in [-0.2, 0) is 0 Å². The number of hydrogen-bond acceptors (Lipinski definition) is 6. The van der Waals surface area contributed by atoms with Crippen LogP contribution in [-0.4, -0.2) is 27.9 Å². The highest BCUT2D eigenvalue weighted by atomic mass is 16.3. The third-order valence-electron chi connectivity index (χ3n) is 3.15. The molecule has 1 heterocycles. The van der Waals surface area contributed by atoms with E-state index in [9.17, 15) is 5.11 Å². The molecular formula is C17H21N5O. The van der Waals surface area contributed by atoms with E-state index in [1.54, 1.807) is 19.2 Å². The van der Waals surface area contributed by atoms with E-state index in [0.717, 1.165) is 16.8 Å². The van der Waals surface area contributed by atoms with Crippen LogP contribution in [0.1, 0.15) is 18.1 Å². The molecule has 0 aliphatic carbocycles. The van der Waals surface area contributed by atoms with E-state index in [4.69, 9.17) is 5.73 Å². The van der Waals surface area contributed by atoms with Gasteiger partial charge < -0.3 is 16.2 Å². The summed E-state index contributed by atoms with van der Waals surface area (Å²) in [5, 5.41) is 12.4. The van der Waals surface area contributed by atoms with Crippen LogP contribution in [0.15, 0.2) is 46.7 Å².